The number of aromatic nitrogens is 1. The van der Waals surface area contributed by atoms with Crippen LogP contribution in [0, 0.1) is 11.8 Å². The maximum Gasteiger partial charge on any atom is 0.137 e. The van der Waals surface area contributed by atoms with Crippen LogP contribution in [0.4, 0.5) is 0 Å². The van der Waals surface area contributed by atoms with Crippen molar-refractivity contribution in [3.63, 3.8) is 0 Å². The highest BCUT2D eigenvalue weighted by molar-refractivity contribution is 5.24. The van der Waals surface area contributed by atoms with Crippen LogP contribution in [-0.2, 0) is 6.42 Å². The third-order valence-corrected chi connectivity index (χ3v) is 4.95. The summed E-state index contributed by atoms with van der Waals surface area (Å²) in [6, 6.07) is 2.66. The van der Waals surface area contributed by atoms with Crippen LogP contribution in [0.1, 0.15) is 37.7 Å². The van der Waals surface area contributed by atoms with Crippen LogP contribution in [-0.4, -0.2) is 35.9 Å². The number of nitrogens with one attached hydrogen (secondary N) is 1. The second kappa shape index (κ2) is 7.23. The Morgan fingerprint density at radius 2 is 2.10 bits per heavy atom. The van der Waals surface area contributed by atoms with Gasteiger partial charge in [0.2, 0.25) is 0 Å². The normalized spacial score (nSPS) is 27.8. The summed E-state index contributed by atoms with van der Waals surface area (Å²) in [6.07, 6.45) is 10.8. The van der Waals surface area contributed by atoms with E-state index < -0.39 is 0 Å². The Labute approximate surface area is 126 Å². The maximum atomic E-state index is 8.94. The molecule has 0 spiro atoms. The van der Waals surface area contributed by atoms with E-state index in [4.69, 9.17) is 9.84 Å². The smallest absolute Gasteiger partial charge is 0.137 e. The molecular weight excluding hydrogens is 264 g/mol. The van der Waals surface area contributed by atoms with E-state index in [-0.39, 0.29) is 0 Å². The maximum absolute atomic E-state index is 8.94. The number of rotatable bonds is 8. The number of hydrogen-bond donors (Lipinski definition) is 2. The standard InChI is InChI=1S/C17H26N2O2/c20-7-1-2-14-3-4-15(14)8-13-9-17(11-18-10-13)21-12-16-5-6-19-16/h9-11,14-16,19-20H,1-8,12H2. The van der Waals surface area contributed by atoms with Crippen molar-refractivity contribution in [2.75, 3.05) is 19.8 Å². The largest absolute Gasteiger partial charge is 0.490 e. The van der Waals surface area contributed by atoms with Gasteiger partial charge in [-0.1, -0.05) is 0 Å². The minimum Gasteiger partial charge on any atom is -0.490 e. The predicted molar refractivity (Wildman–Crippen MR) is 82.4 cm³/mol. The Kier molecular flexibility index (Phi) is 5.09. The van der Waals surface area contributed by atoms with Crippen molar-refractivity contribution in [3.05, 3.63) is 24.0 Å². The fourth-order valence-corrected chi connectivity index (χ4v) is 3.28. The molecule has 1 saturated heterocycles. The third-order valence-electron chi connectivity index (χ3n) is 4.95. The first-order chi connectivity index (χ1) is 10.3. The fraction of sp³-hybridized carbons (Fsp3) is 0.706. The van der Waals surface area contributed by atoms with Crippen molar-refractivity contribution >= 4 is 0 Å². The molecule has 3 atom stereocenters. The molecule has 2 aliphatic rings. The van der Waals surface area contributed by atoms with Gasteiger partial charge in [0, 0.05) is 18.8 Å². The van der Waals surface area contributed by atoms with Gasteiger partial charge in [-0.15, -0.1) is 0 Å². The van der Waals surface area contributed by atoms with Crippen LogP contribution >= 0.6 is 0 Å². The molecule has 2 N–H and O–H groups in total. The molecule has 116 valence electrons. The van der Waals surface area contributed by atoms with E-state index in [9.17, 15) is 0 Å². The summed E-state index contributed by atoms with van der Waals surface area (Å²) in [5.41, 5.74) is 1.28. The summed E-state index contributed by atoms with van der Waals surface area (Å²) in [5.74, 6) is 2.45. The molecule has 1 aromatic rings. The topological polar surface area (TPSA) is 54.4 Å². The van der Waals surface area contributed by atoms with Crippen molar-refractivity contribution in [1.82, 2.24) is 10.3 Å². The van der Waals surface area contributed by atoms with Crippen molar-refractivity contribution in [2.24, 2.45) is 11.8 Å². The molecule has 21 heavy (non-hydrogen) atoms. The zero-order chi connectivity index (χ0) is 14.5. The van der Waals surface area contributed by atoms with Gasteiger partial charge in [-0.05, 0) is 68.5 Å². The van der Waals surface area contributed by atoms with Crippen LogP contribution in [0.15, 0.2) is 18.5 Å². The lowest BCUT2D eigenvalue weighted by molar-refractivity contribution is 0.147. The lowest BCUT2D eigenvalue weighted by atomic mass is 9.69. The van der Waals surface area contributed by atoms with E-state index in [0.29, 0.717) is 12.6 Å². The molecule has 1 aliphatic carbocycles. The Balaban J connectivity index is 1.48. The zero-order valence-electron chi connectivity index (χ0n) is 12.6. The van der Waals surface area contributed by atoms with Gasteiger partial charge in [0.25, 0.3) is 0 Å². The van der Waals surface area contributed by atoms with Crippen LogP contribution in [0.2, 0.25) is 0 Å². The molecule has 2 fully saturated rings. The van der Waals surface area contributed by atoms with Gasteiger partial charge in [-0.2, -0.15) is 0 Å². The molecule has 1 aromatic heterocycles. The summed E-state index contributed by atoms with van der Waals surface area (Å²) < 4.78 is 5.82. The first-order valence-corrected chi connectivity index (χ1v) is 8.26. The van der Waals surface area contributed by atoms with Gasteiger partial charge < -0.3 is 15.2 Å². The van der Waals surface area contributed by atoms with E-state index in [1.165, 1.54) is 24.8 Å². The molecule has 1 saturated carbocycles. The van der Waals surface area contributed by atoms with Crippen molar-refractivity contribution < 1.29 is 9.84 Å². The Hall–Kier alpha value is -1.13. The molecule has 0 radical (unpaired) electrons. The molecule has 0 aromatic carbocycles. The Morgan fingerprint density at radius 1 is 1.24 bits per heavy atom. The molecule has 3 rings (SSSR count). The summed E-state index contributed by atoms with van der Waals surface area (Å²) >= 11 is 0. The van der Waals surface area contributed by atoms with Gasteiger partial charge in [0.15, 0.2) is 0 Å². The highest BCUT2D eigenvalue weighted by Crippen LogP contribution is 2.39. The number of nitrogens with zero attached hydrogens (tertiary/aromatic N) is 1. The van der Waals surface area contributed by atoms with Gasteiger partial charge in [-0.25, -0.2) is 0 Å². The summed E-state index contributed by atoms with van der Waals surface area (Å²) in [4.78, 5) is 4.32. The minimum absolute atomic E-state index is 0.323. The van der Waals surface area contributed by atoms with Gasteiger partial charge >= 0.3 is 0 Å². The second-order valence-corrected chi connectivity index (χ2v) is 6.45. The number of hydrogen-bond acceptors (Lipinski definition) is 4. The van der Waals surface area contributed by atoms with Crippen LogP contribution in [0.25, 0.3) is 0 Å². The highest BCUT2D eigenvalue weighted by Gasteiger charge is 2.30. The average Bonchev–Trinajstić information content (AvgIpc) is 2.43. The van der Waals surface area contributed by atoms with E-state index >= 15 is 0 Å². The Bertz CT molecular complexity index is 448. The molecule has 3 unspecified atom stereocenters. The van der Waals surface area contributed by atoms with E-state index in [2.05, 4.69) is 16.4 Å². The van der Waals surface area contributed by atoms with Crippen LogP contribution in [0.5, 0.6) is 5.75 Å². The molecule has 4 heteroatoms. The second-order valence-electron chi connectivity index (χ2n) is 6.45. The summed E-state index contributed by atoms with van der Waals surface area (Å²) in [6.45, 7) is 2.18. The molecule has 2 heterocycles. The first kappa shape index (κ1) is 14.8. The van der Waals surface area contributed by atoms with Gasteiger partial charge in [0.1, 0.15) is 12.4 Å². The number of pyridine rings is 1. The molecule has 4 nitrogen and oxygen atoms in total. The third kappa shape index (κ3) is 3.95. The number of aliphatic hydroxyl groups excluding tert-OH is 1. The summed E-state index contributed by atoms with van der Waals surface area (Å²) in [5, 5.41) is 12.3. The van der Waals surface area contributed by atoms with E-state index in [1.54, 1.807) is 0 Å². The number of aliphatic hydroxyl groups is 1. The van der Waals surface area contributed by atoms with Crippen LogP contribution in [0.3, 0.4) is 0 Å². The highest BCUT2D eigenvalue weighted by atomic mass is 16.5. The van der Waals surface area contributed by atoms with Gasteiger partial charge in [-0.3, -0.25) is 4.98 Å². The minimum atomic E-state index is 0.323. The monoisotopic (exact) mass is 290 g/mol. The number of ether oxygens (including phenoxy) is 1. The molecule has 0 bridgehead atoms. The molecule has 1 aliphatic heterocycles. The Morgan fingerprint density at radius 3 is 2.76 bits per heavy atom. The van der Waals surface area contributed by atoms with E-state index in [1.807, 2.05) is 12.4 Å². The zero-order valence-corrected chi connectivity index (χ0v) is 12.6. The molecular formula is C17H26N2O2. The van der Waals surface area contributed by atoms with Gasteiger partial charge in [0.05, 0.1) is 6.20 Å². The average molecular weight is 290 g/mol. The van der Waals surface area contributed by atoms with Crippen molar-refractivity contribution in [3.8, 4) is 5.75 Å². The van der Waals surface area contributed by atoms with E-state index in [0.717, 1.165) is 50.0 Å². The molecule has 0 amide bonds. The fourth-order valence-electron chi connectivity index (χ4n) is 3.28. The first-order valence-electron chi connectivity index (χ1n) is 8.26. The van der Waals surface area contributed by atoms with Crippen molar-refractivity contribution in [1.29, 1.82) is 0 Å². The van der Waals surface area contributed by atoms with Crippen molar-refractivity contribution in [2.45, 2.75) is 44.6 Å². The quantitative estimate of drug-likeness (QED) is 0.770. The lowest BCUT2D eigenvalue weighted by Crippen LogP contribution is -2.46. The lowest BCUT2D eigenvalue weighted by Gasteiger charge is -2.37. The van der Waals surface area contributed by atoms with Crippen LogP contribution < -0.4 is 10.1 Å². The summed E-state index contributed by atoms with van der Waals surface area (Å²) in [7, 11) is 0. The SMILES string of the molecule is OCCCC1CCC1Cc1cncc(OCC2CCN2)c1. The predicted octanol–water partition coefficient (Wildman–Crippen LogP) is 2.16.